The molecule has 0 saturated heterocycles. The Bertz CT molecular complexity index is 619. The van der Waals surface area contributed by atoms with E-state index >= 15 is 0 Å². The molecule has 1 aromatic carbocycles. The van der Waals surface area contributed by atoms with Crippen LogP contribution in [0.15, 0.2) is 36.7 Å². The van der Waals surface area contributed by atoms with Crippen molar-refractivity contribution in [3.63, 3.8) is 0 Å². The molecule has 0 radical (unpaired) electrons. The Balaban J connectivity index is 2.03. The minimum Gasteiger partial charge on any atom is -0.480 e. The van der Waals surface area contributed by atoms with Gasteiger partial charge in [0.1, 0.15) is 6.54 Å². The lowest BCUT2D eigenvalue weighted by molar-refractivity contribution is -0.137. The van der Waals surface area contributed by atoms with Crippen LogP contribution in [0, 0.1) is 0 Å². The maximum absolute atomic E-state index is 11.9. The van der Waals surface area contributed by atoms with Gasteiger partial charge in [-0.25, -0.2) is 0 Å². The molecular weight excluding hydrogens is 260 g/mol. The summed E-state index contributed by atoms with van der Waals surface area (Å²) < 4.78 is 1.23. The second kappa shape index (κ2) is 5.98. The largest absolute Gasteiger partial charge is 0.480 e. The van der Waals surface area contributed by atoms with Crippen LogP contribution < -0.4 is 11.1 Å². The number of carbonyl (C=O) groups excluding carboxylic acids is 1. The third kappa shape index (κ3) is 3.42. The lowest BCUT2D eigenvalue weighted by atomic mass is 10.1. The fourth-order valence-electron chi connectivity index (χ4n) is 1.65. The monoisotopic (exact) mass is 274 g/mol. The molecule has 1 amide bonds. The minimum absolute atomic E-state index is 0.249. The second-order valence-electron chi connectivity index (χ2n) is 4.18. The zero-order valence-electron chi connectivity index (χ0n) is 10.6. The number of nitrogens with zero attached hydrogens (tertiary/aromatic N) is 2. The van der Waals surface area contributed by atoms with Gasteiger partial charge in [-0.05, 0) is 17.7 Å². The third-order valence-corrected chi connectivity index (χ3v) is 2.64. The Kier molecular flexibility index (Phi) is 4.11. The van der Waals surface area contributed by atoms with Crippen LogP contribution in [-0.4, -0.2) is 26.8 Å². The van der Waals surface area contributed by atoms with Gasteiger partial charge in [0.25, 0.3) is 5.91 Å². The SMILES string of the molecule is NCc1ccc(C(=O)Nc2cnn(CC(=O)O)c2)cc1. The first-order chi connectivity index (χ1) is 9.58. The number of aliphatic carboxylic acids is 1. The van der Waals surface area contributed by atoms with E-state index in [1.54, 1.807) is 24.3 Å². The molecule has 0 aliphatic heterocycles. The van der Waals surface area contributed by atoms with E-state index in [4.69, 9.17) is 10.8 Å². The van der Waals surface area contributed by atoms with Crippen LogP contribution in [-0.2, 0) is 17.9 Å². The Morgan fingerprint density at radius 1 is 1.30 bits per heavy atom. The molecule has 0 saturated carbocycles. The summed E-state index contributed by atoms with van der Waals surface area (Å²) in [6.45, 7) is 0.172. The topological polar surface area (TPSA) is 110 Å². The average Bonchev–Trinajstić information content (AvgIpc) is 2.85. The van der Waals surface area contributed by atoms with Crippen LogP contribution in [0.2, 0.25) is 0 Å². The van der Waals surface area contributed by atoms with E-state index in [0.29, 0.717) is 17.8 Å². The summed E-state index contributed by atoms with van der Waals surface area (Å²) in [7, 11) is 0. The predicted octanol–water partition coefficient (Wildman–Crippen LogP) is 0.679. The minimum atomic E-state index is -0.997. The highest BCUT2D eigenvalue weighted by molar-refractivity contribution is 6.04. The number of nitrogens with two attached hydrogens (primary N) is 1. The molecule has 2 rings (SSSR count). The zero-order chi connectivity index (χ0) is 14.5. The molecule has 0 aliphatic rings. The molecule has 20 heavy (non-hydrogen) atoms. The van der Waals surface area contributed by atoms with Gasteiger partial charge in [-0.15, -0.1) is 0 Å². The molecule has 7 heteroatoms. The van der Waals surface area contributed by atoms with Crippen LogP contribution >= 0.6 is 0 Å². The lowest BCUT2D eigenvalue weighted by Gasteiger charge is -2.03. The Hall–Kier alpha value is -2.67. The highest BCUT2D eigenvalue weighted by atomic mass is 16.4. The molecule has 1 heterocycles. The highest BCUT2D eigenvalue weighted by Gasteiger charge is 2.08. The number of hydrogen-bond acceptors (Lipinski definition) is 4. The van der Waals surface area contributed by atoms with Crippen LogP contribution in [0.4, 0.5) is 5.69 Å². The number of nitrogens with one attached hydrogen (secondary N) is 1. The molecule has 0 atom stereocenters. The first-order valence-corrected chi connectivity index (χ1v) is 5.93. The molecule has 0 fully saturated rings. The first-order valence-electron chi connectivity index (χ1n) is 5.93. The van der Waals surface area contributed by atoms with E-state index in [1.807, 2.05) is 0 Å². The fraction of sp³-hybridized carbons (Fsp3) is 0.154. The molecule has 0 aliphatic carbocycles. The van der Waals surface area contributed by atoms with Gasteiger partial charge in [0.2, 0.25) is 0 Å². The van der Waals surface area contributed by atoms with Gasteiger partial charge in [0.05, 0.1) is 11.9 Å². The van der Waals surface area contributed by atoms with Gasteiger partial charge >= 0.3 is 5.97 Å². The second-order valence-corrected chi connectivity index (χ2v) is 4.18. The molecule has 7 nitrogen and oxygen atoms in total. The molecule has 1 aromatic heterocycles. The van der Waals surface area contributed by atoms with Crippen molar-refractivity contribution in [1.82, 2.24) is 9.78 Å². The molecule has 0 spiro atoms. The van der Waals surface area contributed by atoms with Crippen molar-refractivity contribution in [2.45, 2.75) is 13.1 Å². The number of carboxylic acid groups (broad SMARTS) is 1. The summed E-state index contributed by atoms with van der Waals surface area (Å²) in [5, 5.41) is 15.1. The third-order valence-electron chi connectivity index (χ3n) is 2.64. The van der Waals surface area contributed by atoms with Gasteiger partial charge in [0, 0.05) is 18.3 Å². The van der Waals surface area contributed by atoms with Gasteiger partial charge in [-0.3, -0.25) is 14.3 Å². The molecule has 104 valence electrons. The Morgan fingerprint density at radius 3 is 2.60 bits per heavy atom. The number of carbonyl (C=O) groups is 2. The number of benzene rings is 1. The summed E-state index contributed by atoms with van der Waals surface area (Å²) in [5.41, 5.74) is 7.36. The van der Waals surface area contributed by atoms with E-state index in [9.17, 15) is 9.59 Å². The normalized spacial score (nSPS) is 10.2. The lowest BCUT2D eigenvalue weighted by Crippen LogP contribution is -2.12. The van der Waals surface area contributed by atoms with E-state index in [0.717, 1.165) is 5.56 Å². The van der Waals surface area contributed by atoms with Crippen LogP contribution in [0.25, 0.3) is 0 Å². The number of hydrogen-bond donors (Lipinski definition) is 3. The van der Waals surface area contributed by atoms with Crippen molar-refractivity contribution in [1.29, 1.82) is 0 Å². The van der Waals surface area contributed by atoms with E-state index in [-0.39, 0.29) is 12.5 Å². The van der Waals surface area contributed by atoms with Gasteiger partial charge in [0.15, 0.2) is 0 Å². The van der Waals surface area contributed by atoms with Crippen LogP contribution in [0.1, 0.15) is 15.9 Å². The molecule has 4 N–H and O–H groups in total. The highest BCUT2D eigenvalue weighted by Crippen LogP contribution is 2.09. The number of anilines is 1. The van der Waals surface area contributed by atoms with Crippen molar-refractivity contribution < 1.29 is 14.7 Å². The predicted molar refractivity (Wildman–Crippen MR) is 72.1 cm³/mol. The van der Waals surface area contributed by atoms with E-state index in [1.165, 1.54) is 17.1 Å². The first kappa shape index (κ1) is 13.8. The summed E-state index contributed by atoms with van der Waals surface area (Å²) in [6.07, 6.45) is 2.86. The number of aromatic nitrogens is 2. The van der Waals surface area contributed by atoms with Crippen molar-refractivity contribution in [2.24, 2.45) is 5.73 Å². The summed E-state index contributed by atoms with van der Waals surface area (Å²) in [6, 6.07) is 6.92. The van der Waals surface area contributed by atoms with E-state index in [2.05, 4.69) is 10.4 Å². The van der Waals surface area contributed by atoms with Gasteiger partial charge in [-0.1, -0.05) is 12.1 Å². The Morgan fingerprint density at radius 2 is 2.00 bits per heavy atom. The van der Waals surface area contributed by atoms with Crippen molar-refractivity contribution in [2.75, 3.05) is 5.32 Å². The van der Waals surface area contributed by atoms with E-state index < -0.39 is 5.97 Å². The maximum Gasteiger partial charge on any atom is 0.325 e. The fourth-order valence-corrected chi connectivity index (χ4v) is 1.65. The molecule has 2 aromatic rings. The number of rotatable bonds is 5. The zero-order valence-corrected chi connectivity index (χ0v) is 10.6. The summed E-state index contributed by atoms with van der Waals surface area (Å²) >= 11 is 0. The summed E-state index contributed by atoms with van der Waals surface area (Å²) in [5.74, 6) is -1.29. The van der Waals surface area contributed by atoms with Crippen molar-refractivity contribution >= 4 is 17.6 Å². The smallest absolute Gasteiger partial charge is 0.325 e. The van der Waals surface area contributed by atoms with Crippen LogP contribution in [0.3, 0.4) is 0 Å². The standard InChI is InChI=1S/C13H14N4O3/c14-5-9-1-3-10(4-2-9)13(20)16-11-6-15-17(7-11)8-12(18)19/h1-4,6-7H,5,8,14H2,(H,16,20)(H,18,19). The quantitative estimate of drug-likeness (QED) is 0.742. The maximum atomic E-state index is 11.9. The number of carboxylic acids is 1. The van der Waals surface area contributed by atoms with Gasteiger partial charge in [-0.2, -0.15) is 5.10 Å². The van der Waals surface area contributed by atoms with Gasteiger partial charge < -0.3 is 16.2 Å². The molecule has 0 unspecified atom stereocenters. The summed E-state index contributed by atoms with van der Waals surface area (Å²) in [4.78, 5) is 22.5. The average molecular weight is 274 g/mol. The van der Waals surface area contributed by atoms with Crippen molar-refractivity contribution in [3.8, 4) is 0 Å². The molecule has 0 bridgehead atoms. The number of amides is 1. The molecular formula is C13H14N4O3. The van der Waals surface area contributed by atoms with Crippen molar-refractivity contribution in [3.05, 3.63) is 47.8 Å². The van der Waals surface area contributed by atoms with Crippen LogP contribution in [0.5, 0.6) is 0 Å². The Labute approximate surface area is 115 Å².